The fraction of sp³-hybridized carbons (Fsp3) is 0.625. The Kier molecular flexibility index (Phi) is 9.84. The van der Waals surface area contributed by atoms with Gasteiger partial charge in [0.25, 0.3) is 0 Å². The molecule has 2 atom stereocenters. The van der Waals surface area contributed by atoms with Crippen molar-refractivity contribution in [1.82, 2.24) is 0 Å². The van der Waals surface area contributed by atoms with Gasteiger partial charge in [0.05, 0.1) is 0 Å². The Balaban J connectivity index is 0.000000237. The first-order valence-corrected chi connectivity index (χ1v) is 7.15. The summed E-state index contributed by atoms with van der Waals surface area (Å²) in [6, 6.07) is 12.6. The van der Waals surface area contributed by atoms with Gasteiger partial charge in [0.1, 0.15) is 0 Å². The average Bonchev–Trinajstić information content (AvgIpc) is 2.88. The fourth-order valence-electron chi connectivity index (χ4n) is 2.26. The molecule has 0 saturated heterocycles. The first kappa shape index (κ1) is 16.2. The van der Waals surface area contributed by atoms with E-state index in [1.54, 1.807) is 0 Å². The lowest BCUT2D eigenvalue weighted by molar-refractivity contribution is 0.674. The van der Waals surface area contributed by atoms with E-state index in [0.717, 1.165) is 11.8 Å². The molecule has 0 amide bonds. The number of nitrogens with two attached hydrogens (primary N) is 1. The minimum atomic E-state index is 0.619. The summed E-state index contributed by atoms with van der Waals surface area (Å²) in [7, 11) is 0. The molecule has 0 heterocycles. The summed E-state index contributed by atoms with van der Waals surface area (Å²) in [4.78, 5) is 0. The molecule has 0 aliphatic heterocycles. The maximum absolute atomic E-state index is 5.67. The lowest BCUT2D eigenvalue weighted by Gasteiger charge is -1.90. The molecular formula is C16H29N. The summed E-state index contributed by atoms with van der Waals surface area (Å²) >= 11 is 0. The molecule has 1 nitrogen and oxygen atoms in total. The van der Waals surface area contributed by atoms with E-state index in [1.165, 1.54) is 19.3 Å². The molecule has 2 N–H and O–H groups in total. The molecule has 0 radical (unpaired) electrons. The van der Waals surface area contributed by atoms with Crippen molar-refractivity contribution < 1.29 is 0 Å². The normalized spacial score (nSPS) is 27.0. The zero-order valence-corrected chi connectivity index (χ0v) is 11.9. The highest BCUT2D eigenvalue weighted by atomic mass is 14.8. The minimum Gasteiger partial charge on any atom is -0.327 e. The molecule has 0 bridgehead atoms. The van der Waals surface area contributed by atoms with E-state index in [2.05, 4.69) is 0 Å². The van der Waals surface area contributed by atoms with Crippen LogP contribution in [0.15, 0.2) is 36.4 Å². The molecule has 98 valence electrons. The number of hydrogen-bond donors (Lipinski definition) is 1. The molecule has 1 aromatic rings. The predicted octanol–water partition coefficient (Wildman–Crippen LogP) is 4.48. The Morgan fingerprint density at radius 1 is 0.706 bits per heavy atom. The largest absolute Gasteiger partial charge is 0.327 e. The highest BCUT2D eigenvalue weighted by Crippen LogP contribution is 2.50. The first-order valence-electron chi connectivity index (χ1n) is 7.15. The highest BCUT2D eigenvalue weighted by Gasteiger charge is 2.49. The standard InChI is InChI=1S/C6H11N.C6H6.2C2H6/c7-6-4-2-1-3-5(4)6;1-2-4-6-5-3-1;2*1-2/h4-6H,1-3,7H2;1-6H;2*1-2H3. The smallest absolute Gasteiger partial charge is 0.0102 e. The van der Waals surface area contributed by atoms with Gasteiger partial charge >= 0.3 is 0 Å². The van der Waals surface area contributed by atoms with E-state index < -0.39 is 0 Å². The van der Waals surface area contributed by atoms with Gasteiger partial charge in [-0.25, -0.2) is 0 Å². The van der Waals surface area contributed by atoms with Crippen LogP contribution in [0, 0.1) is 11.8 Å². The van der Waals surface area contributed by atoms with Crippen LogP contribution in [0.1, 0.15) is 47.0 Å². The van der Waals surface area contributed by atoms with Crippen molar-refractivity contribution in [3.63, 3.8) is 0 Å². The summed E-state index contributed by atoms with van der Waals surface area (Å²) in [5.41, 5.74) is 5.67. The van der Waals surface area contributed by atoms with Crippen molar-refractivity contribution in [3.8, 4) is 0 Å². The number of rotatable bonds is 0. The summed E-state index contributed by atoms with van der Waals surface area (Å²) < 4.78 is 0. The van der Waals surface area contributed by atoms with Gasteiger partial charge in [-0.3, -0.25) is 0 Å². The molecule has 17 heavy (non-hydrogen) atoms. The predicted molar refractivity (Wildman–Crippen MR) is 77.9 cm³/mol. The second-order valence-corrected chi connectivity index (χ2v) is 3.99. The fourth-order valence-corrected chi connectivity index (χ4v) is 2.26. The average molecular weight is 235 g/mol. The lowest BCUT2D eigenvalue weighted by atomic mass is 10.2. The number of fused-ring (bicyclic) bond motifs is 1. The summed E-state index contributed by atoms with van der Waals surface area (Å²) in [5, 5.41) is 0. The number of benzene rings is 1. The monoisotopic (exact) mass is 235 g/mol. The van der Waals surface area contributed by atoms with Crippen molar-refractivity contribution in [2.24, 2.45) is 17.6 Å². The van der Waals surface area contributed by atoms with E-state index in [1.807, 2.05) is 64.1 Å². The van der Waals surface area contributed by atoms with Crippen LogP contribution < -0.4 is 5.73 Å². The maximum Gasteiger partial charge on any atom is 0.0102 e. The minimum absolute atomic E-state index is 0.619. The van der Waals surface area contributed by atoms with Crippen LogP contribution in [0.2, 0.25) is 0 Å². The van der Waals surface area contributed by atoms with Crippen LogP contribution in [0.5, 0.6) is 0 Å². The molecule has 2 fully saturated rings. The van der Waals surface area contributed by atoms with Crippen molar-refractivity contribution in [3.05, 3.63) is 36.4 Å². The van der Waals surface area contributed by atoms with E-state index in [4.69, 9.17) is 5.73 Å². The Morgan fingerprint density at radius 2 is 1.00 bits per heavy atom. The topological polar surface area (TPSA) is 26.0 Å². The van der Waals surface area contributed by atoms with Crippen LogP contribution in [-0.4, -0.2) is 6.04 Å². The van der Waals surface area contributed by atoms with Crippen LogP contribution in [0.3, 0.4) is 0 Å². The van der Waals surface area contributed by atoms with Crippen molar-refractivity contribution in [1.29, 1.82) is 0 Å². The molecule has 2 aliphatic rings. The Labute approximate surface area is 107 Å². The quantitative estimate of drug-likeness (QED) is 0.705. The third-order valence-corrected chi connectivity index (χ3v) is 3.14. The summed E-state index contributed by atoms with van der Waals surface area (Å²) in [6.07, 6.45) is 4.29. The SMILES string of the molecule is CC.CC.NC1C2CCCC12.c1ccccc1. The molecule has 2 aliphatic carbocycles. The van der Waals surface area contributed by atoms with Gasteiger partial charge in [-0.2, -0.15) is 0 Å². The van der Waals surface area contributed by atoms with Gasteiger partial charge < -0.3 is 5.73 Å². The molecule has 2 saturated carbocycles. The molecular weight excluding hydrogens is 206 g/mol. The van der Waals surface area contributed by atoms with Crippen molar-refractivity contribution in [2.75, 3.05) is 0 Å². The van der Waals surface area contributed by atoms with E-state index in [-0.39, 0.29) is 0 Å². The second kappa shape index (κ2) is 10.3. The highest BCUT2D eigenvalue weighted by molar-refractivity contribution is 5.04. The van der Waals surface area contributed by atoms with Gasteiger partial charge in [-0.05, 0) is 24.7 Å². The third kappa shape index (κ3) is 5.88. The summed E-state index contributed by atoms with van der Waals surface area (Å²) in [5.74, 6) is 1.92. The molecule has 3 rings (SSSR count). The van der Waals surface area contributed by atoms with Gasteiger partial charge in [0.15, 0.2) is 0 Å². The second-order valence-electron chi connectivity index (χ2n) is 3.99. The molecule has 2 unspecified atom stereocenters. The molecule has 1 heteroatoms. The summed E-state index contributed by atoms with van der Waals surface area (Å²) in [6.45, 7) is 8.00. The maximum atomic E-state index is 5.67. The van der Waals surface area contributed by atoms with Crippen molar-refractivity contribution in [2.45, 2.75) is 53.0 Å². The zero-order chi connectivity index (χ0) is 13.1. The Hall–Kier alpha value is -0.820. The van der Waals surface area contributed by atoms with Crippen molar-refractivity contribution >= 4 is 0 Å². The van der Waals surface area contributed by atoms with Gasteiger partial charge in [0, 0.05) is 6.04 Å². The lowest BCUT2D eigenvalue weighted by Crippen LogP contribution is -2.05. The Bertz CT molecular complexity index is 208. The third-order valence-electron chi connectivity index (χ3n) is 3.14. The molecule has 1 aromatic carbocycles. The van der Waals surface area contributed by atoms with Crippen LogP contribution >= 0.6 is 0 Å². The van der Waals surface area contributed by atoms with E-state index >= 15 is 0 Å². The Morgan fingerprint density at radius 3 is 1.18 bits per heavy atom. The zero-order valence-electron chi connectivity index (χ0n) is 11.9. The molecule has 0 aromatic heterocycles. The van der Waals surface area contributed by atoms with E-state index in [9.17, 15) is 0 Å². The van der Waals surface area contributed by atoms with E-state index in [0.29, 0.717) is 6.04 Å². The van der Waals surface area contributed by atoms with Crippen LogP contribution in [0.25, 0.3) is 0 Å². The van der Waals surface area contributed by atoms with Gasteiger partial charge in [0.2, 0.25) is 0 Å². The van der Waals surface area contributed by atoms with Crippen LogP contribution in [0.4, 0.5) is 0 Å². The van der Waals surface area contributed by atoms with Crippen LogP contribution in [-0.2, 0) is 0 Å². The van der Waals surface area contributed by atoms with Gasteiger partial charge in [-0.1, -0.05) is 70.5 Å². The first-order chi connectivity index (χ1) is 8.39. The van der Waals surface area contributed by atoms with Gasteiger partial charge in [-0.15, -0.1) is 0 Å². The number of hydrogen-bond acceptors (Lipinski definition) is 1. The molecule has 0 spiro atoms.